The normalized spacial score (nSPS) is 32.0. The van der Waals surface area contributed by atoms with Crippen LogP contribution in [0.1, 0.15) is 30.9 Å². The fourth-order valence-electron chi connectivity index (χ4n) is 5.22. The molecular formula is C21H29FN2O3. The zero-order chi connectivity index (χ0) is 19.0. The fourth-order valence-corrected chi connectivity index (χ4v) is 5.22. The number of halogens is 1. The first kappa shape index (κ1) is 18.8. The molecule has 0 saturated carbocycles. The number of fused-ring (bicyclic) bond motifs is 1. The molecule has 0 radical (unpaired) electrons. The van der Waals surface area contributed by atoms with E-state index < -0.39 is 0 Å². The Morgan fingerprint density at radius 2 is 2.33 bits per heavy atom. The van der Waals surface area contributed by atoms with Gasteiger partial charge in [0.05, 0.1) is 11.7 Å². The molecule has 1 aromatic rings. The van der Waals surface area contributed by atoms with Crippen LogP contribution in [0, 0.1) is 24.6 Å². The number of ether oxygens (including phenoxy) is 2. The van der Waals surface area contributed by atoms with Gasteiger partial charge in [0.2, 0.25) is 5.91 Å². The van der Waals surface area contributed by atoms with E-state index in [-0.39, 0.29) is 30.0 Å². The summed E-state index contributed by atoms with van der Waals surface area (Å²) in [6.07, 6.45) is 2.44. The molecule has 1 N–H and O–H groups in total. The van der Waals surface area contributed by atoms with Gasteiger partial charge >= 0.3 is 0 Å². The third-order valence-electron chi connectivity index (χ3n) is 6.46. The third-order valence-corrected chi connectivity index (χ3v) is 6.46. The van der Waals surface area contributed by atoms with Gasteiger partial charge in [-0.3, -0.25) is 9.69 Å². The zero-order valence-corrected chi connectivity index (χ0v) is 16.2. The summed E-state index contributed by atoms with van der Waals surface area (Å²) in [5, 5.41) is 3.03. The predicted octanol–water partition coefficient (Wildman–Crippen LogP) is 2.27. The van der Waals surface area contributed by atoms with Crippen LogP contribution in [0.25, 0.3) is 0 Å². The second-order valence-electron chi connectivity index (χ2n) is 8.22. The van der Waals surface area contributed by atoms with Crippen molar-refractivity contribution in [3.05, 3.63) is 35.1 Å². The van der Waals surface area contributed by atoms with Crippen LogP contribution in [-0.4, -0.2) is 55.4 Å². The molecule has 2 bridgehead atoms. The molecule has 5 nitrogen and oxygen atoms in total. The van der Waals surface area contributed by atoms with E-state index in [1.54, 1.807) is 6.07 Å². The zero-order valence-electron chi connectivity index (χ0n) is 16.2. The number of amides is 1. The van der Waals surface area contributed by atoms with Gasteiger partial charge in [0.15, 0.2) is 0 Å². The number of aryl methyl sites for hydroxylation is 1. The molecule has 3 saturated heterocycles. The summed E-state index contributed by atoms with van der Waals surface area (Å²) in [5.41, 5.74) is 1.77. The number of nitrogens with one attached hydrogen (secondary N) is 1. The Labute approximate surface area is 160 Å². The average molecular weight is 376 g/mol. The van der Waals surface area contributed by atoms with E-state index in [1.165, 1.54) is 0 Å². The standard InChI is InChI=1S/C21H29FN2O3/c1-3-26-12-20(25)23-9-16-17-11-24(13-21(17)7-6-19(16)27-21)10-15-4-5-18(22)14(2)8-15/h4-5,8,16-17,19H,3,6-7,9-13H2,1-2H3,(H,23,25)/t16-,17+,19+,21+/m0/s1. The van der Waals surface area contributed by atoms with Crippen LogP contribution in [0.2, 0.25) is 0 Å². The second-order valence-corrected chi connectivity index (χ2v) is 8.22. The summed E-state index contributed by atoms with van der Waals surface area (Å²) in [6.45, 7) is 7.74. The van der Waals surface area contributed by atoms with Gasteiger partial charge < -0.3 is 14.8 Å². The molecule has 3 fully saturated rings. The van der Waals surface area contributed by atoms with E-state index in [9.17, 15) is 9.18 Å². The van der Waals surface area contributed by atoms with Crippen molar-refractivity contribution in [2.24, 2.45) is 11.8 Å². The average Bonchev–Trinajstić information content (AvgIpc) is 3.29. The van der Waals surface area contributed by atoms with Gasteiger partial charge in [0.25, 0.3) is 0 Å². The third kappa shape index (κ3) is 3.62. The SMILES string of the molecule is CCOCC(=O)NC[C@H]1[C@H]2CN(Cc3ccc(F)c(C)c3)C[C@]23CC[C@H]1O3. The Bertz CT molecular complexity index is 713. The summed E-state index contributed by atoms with van der Waals surface area (Å²) < 4.78 is 25.1. The van der Waals surface area contributed by atoms with Crippen LogP contribution in [0.3, 0.4) is 0 Å². The van der Waals surface area contributed by atoms with Crippen LogP contribution in [0.15, 0.2) is 18.2 Å². The van der Waals surface area contributed by atoms with Gasteiger partial charge in [-0.15, -0.1) is 0 Å². The maximum atomic E-state index is 13.5. The molecule has 3 heterocycles. The molecule has 4 atom stereocenters. The van der Waals surface area contributed by atoms with Crippen molar-refractivity contribution in [2.45, 2.75) is 44.9 Å². The lowest BCUT2D eigenvalue weighted by Gasteiger charge is -2.29. The lowest BCUT2D eigenvalue weighted by molar-refractivity contribution is -0.125. The first-order valence-corrected chi connectivity index (χ1v) is 10.0. The van der Waals surface area contributed by atoms with Gasteiger partial charge in [-0.05, 0) is 43.9 Å². The topological polar surface area (TPSA) is 50.8 Å². The summed E-state index contributed by atoms with van der Waals surface area (Å²) in [6, 6.07) is 5.36. The highest BCUT2D eigenvalue weighted by Gasteiger charge is 2.62. The van der Waals surface area contributed by atoms with Crippen LogP contribution in [0.4, 0.5) is 4.39 Å². The molecule has 148 valence electrons. The van der Waals surface area contributed by atoms with Crippen molar-refractivity contribution < 1.29 is 18.7 Å². The van der Waals surface area contributed by atoms with E-state index in [1.807, 2.05) is 26.0 Å². The highest BCUT2D eigenvalue weighted by atomic mass is 19.1. The first-order valence-electron chi connectivity index (χ1n) is 10.0. The molecule has 0 unspecified atom stereocenters. The van der Waals surface area contributed by atoms with E-state index in [2.05, 4.69) is 10.2 Å². The number of rotatable bonds is 7. The largest absolute Gasteiger partial charge is 0.372 e. The smallest absolute Gasteiger partial charge is 0.246 e. The second kappa shape index (κ2) is 7.49. The Morgan fingerprint density at radius 1 is 1.48 bits per heavy atom. The Morgan fingerprint density at radius 3 is 3.11 bits per heavy atom. The van der Waals surface area contributed by atoms with Gasteiger partial charge in [-0.2, -0.15) is 0 Å². The van der Waals surface area contributed by atoms with Crippen LogP contribution in [-0.2, 0) is 20.8 Å². The van der Waals surface area contributed by atoms with Crippen LogP contribution in [0.5, 0.6) is 0 Å². The monoisotopic (exact) mass is 376 g/mol. The van der Waals surface area contributed by atoms with Gasteiger partial charge in [0.1, 0.15) is 12.4 Å². The van der Waals surface area contributed by atoms with Crippen molar-refractivity contribution in [1.82, 2.24) is 10.2 Å². The highest BCUT2D eigenvalue weighted by Crippen LogP contribution is 2.54. The molecule has 3 aliphatic heterocycles. The first-order chi connectivity index (χ1) is 13.0. The van der Waals surface area contributed by atoms with E-state index in [4.69, 9.17) is 9.47 Å². The lowest BCUT2D eigenvalue weighted by atomic mass is 9.73. The Hall–Kier alpha value is -1.50. The van der Waals surface area contributed by atoms with E-state index in [0.29, 0.717) is 30.6 Å². The lowest BCUT2D eigenvalue weighted by Crippen LogP contribution is -2.42. The van der Waals surface area contributed by atoms with Gasteiger partial charge in [-0.25, -0.2) is 4.39 Å². The number of carbonyl (C=O) groups excluding carboxylic acids is 1. The molecule has 27 heavy (non-hydrogen) atoms. The molecule has 6 heteroatoms. The van der Waals surface area contributed by atoms with Crippen molar-refractivity contribution >= 4 is 5.91 Å². The van der Waals surface area contributed by atoms with E-state index in [0.717, 1.165) is 38.0 Å². The molecular weight excluding hydrogens is 347 g/mol. The predicted molar refractivity (Wildman–Crippen MR) is 99.7 cm³/mol. The minimum Gasteiger partial charge on any atom is -0.372 e. The fraction of sp³-hybridized carbons (Fsp3) is 0.667. The molecule has 1 amide bonds. The molecule has 4 rings (SSSR count). The van der Waals surface area contributed by atoms with Crippen molar-refractivity contribution in [3.63, 3.8) is 0 Å². The molecule has 0 aliphatic carbocycles. The molecule has 3 aliphatic rings. The summed E-state index contributed by atoms with van der Waals surface area (Å²) in [5.74, 6) is 0.611. The van der Waals surface area contributed by atoms with Crippen LogP contribution < -0.4 is 5.32 Å². The number of carbonyl (C=O) groups is 1. The molecule has 0 aromatic heterocycles. The van der Waals surface area contributed by atoms with Crippen LogP contribution >= 0.6 is 0 Å². The molecule has 1 aromatic carbocycles. The minimum atomic E-state index is -0.152. The maximum absolute atomic E-state index is 13.5. The summed E-state index contributed by atoms with van der Waals surface area (Å²) >= 11 is 0. The van der Waals surface area contributed by atoms with Crippen molar-refractivity contribution in [2.75, 3.05) is 32.8 Å². The van der Waals surface area contributed by atoms with E-state index >= 15 is 0 Å². The molecule has 1 spiro atoms. The highest BCUT2D eigenvalue weighted by molar-refractivity contribution is 5.77. The summed E-state index contributed by atoms with van der Waals surface area (Å²) in [7, 11) is 0. The Balaban J connectivity index is 1.38. The maximum Gasteiger partial charge on any atom is 0.246 e. The number of benzene rings is 1. The van der Waals surface area contributed by atoms with Gasteiger partial charge in [0, 0.05) is 44.6 Å². The van der Waals surface area contributed by atoms with Gasteiger partial charge in [-0.1, -0.05) is 12.1 Å². The number of nitrogens with zero attached hydrogens (tertiary/aromatic N) is 1. The quantitative estimate of drug-likeness (QED) is 0.793. The number of hydrogen-bond donors (Lipinski definition) is 1. The Kier molecular flexibility index (Phi) is 5.23. The van der Waals surface area contributed by atoms with Crippen molar-refractivity contribution in [3.8, 4) is 0 Å². The summed E-state index contributed by atoms with van der Waals surface area (Å²) in [4.78, 5) is 14.3. The minimum absolute atomic E-state index is 0.0506. The van der Waals surface area contributed by atoms with Crippen molar-refractivity contribution in [1.29, 1.82) is 0 Å². The number of likely N-dealkylation sites (tertiary alicyclic amines) is 1. The number of hydrogen-bond acceptors (Lipinski definition) is 4.